The molecule has 24 heavy (non-hydrogen) atoms. The van der Waals surface area contributed by atoms with E-state index in [1.54, 1.807) is 14.0 Å². The van der Waals surface area contributed by atoms with Crippen molar-refractivity contribution in [3.63, 3.8) is 0 Å². The van der Waals surface area contributed by atoms with Gasteiger partial charge in [-0.2, -0.15) is 5.10 Å². The molecule has 0 aliphatic carbocycles. The Labute approximate surface area is 138 Å². The summed E-state index contributed by atoms with van der Waals surface area (Å²) in [6.45, 7) is 1.90. The number of nitro groups is 1. The van der Waals surface area contributed by atoms with Crippen LogP contribution < -0.4 is 4.74 Å². The molecule has 9 heteroatoms. The van der Waals surface area contributed by atoms with Crippen LogP contribution in [-0.2, 0) is 9.53 Å². The van der Waals surface area contributed by atoms with E-state index in [4.69, 9.17) is 9.47 Å². The van der Waals surface area contributed by atoms with Crippen molar-refractivity contribution in [1.29, 1.82) is 0 Å². The maximum absolute atomic E-state index is 12.6. The van der Waals surface area contributed by atoms with Crippen molar-refractivity contribution in [3.05, 3.63) is 33.9 Å². The molecule has 0 saturated carbocycles. The van der Waals surface area contributed by atoms with E-state index in [0.29, 0.717) is 5.75 Å². The van der Waals surface area contributed by atoms with Crippen molar-refractivity contribution in [1.82, 2.24) is 5.01 Å². The Morgan fingerprint density at radius 3 is 2.75 bits per heavy atom. The summed E-state index contributed by atoms with van der Waals surface area (Å²) in [4.78, 5) is 35.0. The summed E-state index contributed by atoms with van der Waals surface area (Å²) in [5.41, 5.74) is -0.409. The Balaban J connectivity index is 2.31. The summed E-state index contributed by atoms with van der Waals surface area (Å²) in [6, 6.07) is 3.18. The number of methoxy groups -OCH3 is 1. The average molecular weight is 335 g/mol. The maximum atomic E-state index is 12.6. The molecular formula is C15H17N3O6. The molecule has 0 N–H and O–H groups in total. The molecule has 0 radical (unpaired) electrons. The van der Waals surface area contributed by atoms with Crippen LogP contribution in [0.5, 0.6) is 5.75 Å². The molecule has 0 bridgehead atoms. The summed E-state index contributed by atoms with van der Waals surface area (Å²) in [5, 5.41) is 16.5. The first kappa shape index (κ1) is 17.4. The lowest BCUT2D eigenvalue weighted by atomic mass is 10.0. The van der Waals surface area contributed by atoms with E-state index < -0.39 is 22.7 Å². The number of ketones is 1. The van der Waals surface area contributed by atoms with Crippen molar-refractivity contribution < 1.29 is 24.0 Å². The minimum absolute atomic E-state index is 0.0303. The molecule has 9 nitrogen and oxygen atoms in total. The number of likely N-dealkylation sites (N-methyl/N-ethyl adjacent to an activating group) is 1. The van der Waals surface area contributed by atoms with Crippen LogP contribution in [0, 0.1) is 10.1 Å². The van der Waals surface area contributed by atoms with E-state index in [2.05, 4.69) is 5.10 Å². The number of carbonyl (C=O) groups excluding carboxylic acids is 2. The smallest absolute Gasteiger partial charge is 0.330 e. The zero-order valence-electron chi connectivity index (χ0n) is 13.5. The van der Waals surface area contributed by atoms with Gasteiger partial charge in [-0.15, -0.1) is 0 Å². The summed E-state index contributed by atoms with van der Waals surface area (Å²) in [7, 11) is 2.94. The Hall–Kier alpha value is -2.97. The fraction of sp³-hybridized carbons (Fsp3) is 0.400. The van der Waals surface area contributed by atoms with Crippen LogP contribution in [0.3, 0.4) is 0 Å². The van der Waals surface area contributed by atoms with Crippen LogP contribution in [0.1, 0.15) is 23.7 Å². The van der Waals surface area contributed by atoms with Gasteiger partial charge in [0.25, 0.3) is 5.69 Å². The van der Waals surface area contributed by atoms with Gasteiger partial charge in [-0.1, -0.05) is 0 Å². The molecule has 2 rings (SSSR count). The van der Waals surface area contributed by atoms with Crippen LogP contribution in [0.15, 0.2) is 23.3 Å². The fourth-order valence-electron chi connectivity index (χ4n) is 2.37. The first-order chi connectivity index (χ1) is 11.4. The minimum atomic E-state index is -0.714. The number of carbonyl (C=O) groups is 2. The zero-order chi connectivity index (χ0) is 17.9. The van der Waals surface area contributed by atoms with Crippen molar-refractivity contribution in [3.8, 4) is 5.75 Å². The van der Waals surface area contributed by atoms with Gasteiger partial charge in [0.1, 0.15) is 23.1 Å². The summed E-state index contributed by atoms with van der Waals surface area (Å²) < 4.78 is 9.95. The Bertz CT molecular complexity index is 715. The molecule has 0 amide bonds. The number of ether oxygens (including phenoxy) is 2. The van der Waals surface area contributed by atoms with Gasteiger partial charge in [0, 0.05) is 19.5 Å². The number of esters is 1. The highest BCUT2D eigenvalue weighted by Gasteiger charge is 2.36. The van der Waals surface area contributed by atoms with Crippen molar-refractivity contribution in [2.75, 3.05) is 20.8 Å². The second-order valence-corrected chi connectivity index (χ2v) is 5.06. The monoisotopic (exact) mass is 335 g/mol. The first-order valence-electron chi connectivity index (χ1n) is 7.23. The Morgan fingerprint density at radius 2 is 2.17 bits per heavy atom. The molecule has 1 unspecified atom stereocenters. The molecule has 0 fully saturated rings. The molecule has 1 aromatic rings. The van der Waals surface area contributed by atoms with Gasteiger partial charge in [0.15, 0.2) is 0 Å². The third-order valence-electron chi connectivity index (χ3n) is 3.58. The highest BCUT2D eigenvalue weighted by atomic mass is 16.6. The van der Waals surface area contributed by atoms with E-state index in [9.17, 15) is 19.7 Å². The van der Waals surface area contributed by atoms with Crippen molar-refractivity contribution >= 4 is 23.2 Å². The lowest BCUT2D eigenvalue weighted by Crippen LogP contribution is -2.33. The standard InChI is InChI=1S/C15H17N3O6/c1-4-24-15(20)13-8-11(16-17(13)2)14(19)10-7-9(23-3)5-6-12(10)18(21)22/h5-7,13H,4,8H2,1-3H3. The third-order valence-corrected chi connectivity index (χ3v) is 3.58. The van der Waals surface area contributed by atoms with Crippen LogP contribution in [0.2, 0.25) is 0 Å². The summed E-state index contributed by atoms with van der Waals surface area (Å²) >= 11 is 0. The van der Waals surface area contributed by atoms with Crippen molar-refractivity contribution in [2.24, 2.45) is 5.10 Å². The minimum Gasteiger partial charge on any atom is -0.497 e. The molecular weight excluding hydrogens is 318 g/mol. The zero-order valence-corrected chi connectivity index (χ0v) is 13.5. The largest absolute Gasteiger partial charge is 0.497 e. The number of Topliss-reactive ketones (excluding diaryl/α,β-unsaturated/α-hetero) is 1. The lowest BCUT2D eigenvalue weighted by Gasteiger charge is -2.16. The predicted octanol–water partition coefficient (Wildman–Crippen LogP) is 1.41. The molecule has 0 spiro atoms. The third kappa shape index (κ3) is 3.34. The number of hydrogen-bond acceptors (Lipinski definition) is 8. The Kier molecular flexibility index (Phi) is 5.12. The fourth-order valence-corrected chi connectivity index (χ4v) is 2.37. The SMILES string of the molecule is CCOC(=O)C1CC(C(=O)c2cc(OC)ccc2[N+](=O)[O-])=NN1C. The quantitative estimate of drug-likeness (QED) is 0.334. The number of benzene rings is 1. The van der Waals surface area contributed by atoms with Gasteiger partial charge >= 0.3 is 5.97 Å². The summed E-state index contributed by atoms with van der Waals surface area (Å²) in [5.74, 6) is -0.788. The molecule has 1 aliphatic heterocycles. The molecule has 1 aliphatic rings. The molecule has 1 heterocycles. The molecule has 0 saturated heterocycles. The number of nitro benzene ring substituents is 1. The second-order valence-electron chi connectivity index (χ2n) is 5.06. The average Bonchev–Trinajstić information content (AvgIpc) is 2.95. The van der Waals surface area contributed by atoms with Crippen molar-refractivity contribution in [2.45, 2.75) is 19.4 Å². The number of hydrazone groups is 1. The lowest BCUT2D eigenvalue weighted by molar-refractivity contribution is -0.385. The highest BCUT2D eigenvalue weighted by molar-refractivity contribution is 6.47. The van der Waals surface area contributed by atoms with E-state index >= 15 is 0 Å². The summed E-state index contributed by atoms with van der Waals surface area (Å²) in [6.07, 6.45) is 0.0303. The number of hydrogen-bond donors (Lipinski definition) is 0. The van der Waals surface area contributed by atoms with Gasteiger partial charge in [0.2, 0.25) is 5.78 Å². The van der Waals surface area contributed by atoms with Crippen LogP contribution in [0.25, 0.3) is 0 Å². The van der Waals surface area contributed by atoms with Gasteiger partial charge in [-0.05, 0) is 19.1 Å². The van der Waals surface area contributed by atoms with Gasteiger partial charge in [0.05, 0.1) is 18.6 Å². The second kappa shape index (κ2) is 7.07. The predicted molar refractivity (Wildman–Crippen MR) is 84.2 cm³/mol. The van der Waals surface area contributed by atoms with E-state index in [1.165, 1.54) is 30.3 Å². The van der Waals surface area contributed by atoms with Gasteiger partial charge in [-0.25, -0.2) is 4.79 Å². The van der Waals surface area contributed by atoms with Crippen LogP contribution in [0.4, 0.5) is 5.69 Å². The maximum Gasteiger partial charge on any atom is 0.330 e. The number of rotatable bonds is 6. The van der Waals surface area contributed by atoms with E-state index in [1.807, 2.05) is 0 Å². The number of nitrogens with zero attached hydrogens (tertiary/aromatic N) is 3. The van der Waals surface area contributed by atoms with Crippen LogP contribution in [-0.4, -0.2) is 54.2 Å². The van der Waals surface area contributed by atoms with Gasteiger partial charge in [-0.3, -0.25) is 19.9 Å². The normalized spacial score (nSPS) is 16.5. The van der Waals surface area contributed by atoms with Gasteiger partial charge < -0.3 is 9.47 Å². The highest BCUT2D eigenvalue weighted by Crippen LogP contribution is 2.27. The molecule has 0 aromatic heterocycles. The molecule has 1 atom stereocenters. The van der Waals surface area contributed by atoms with E-state index in [-0.39, 0.29) is 30.0 Å². The first-order valence-corrected chi connectivity index (χ1v) is 7.23. The molecule has 128 valence electrons. The van der Waals surface area contributed by atoms with E-state index in [0.717, 1.165) is 0 Å². The van der Waals surface area contributed by atoms with Crippen LogP contribution >= 0.6 is 0 Å². The molecule has 1 aromatic carbocycles. The topological polar surface area (TPSA) is 111 Å². The Morgan fingerprint density at radius 1 is 1.46 bits per heavy atom.